The number of nitro benzene ring substituents is 1. The average Bonchev–Trinajstić information content (AvgIpc) is 3.09. The van der Waals surface area contributed by atoms with Crippen molar-refractivity contribution in [2.24, 2.45) is 0 Å². The zero-order valence-corrected chi connectivity index (χ0v) is 17.3. The highest BCUT2D eigenvalue weighted by Gasteiger charge is 2.29. The van der Waals surface area contributed by atoms with E-state index in [1.54, 1.807) is 20.8 Å². The lowest BCUT2D eigenvalue weighted by Crippen LogP contribution is -2.49. The summed E-state index contributed by atoms with van der Waals surface area (Å²) in [6.45, 7) is 5.62. The van der Waals surface area contributed by atoms with Crippen LogP contribution in [0.3, 0.4) is 0 Å². The van der Waals surface area contributed by atoms with Gasteiger partial charge >= 0.3 is 18.2 Å². The van der Waals surface area contributed by atoms with Gasteiger partial charge in [0.1, 0.15) is 17.7 Å². The number of carbonyl (C=O) groups excluding carboxylic acids is 2. The molecule has 0 spiro atoms. The zero-order chi connectivity index (χ0) is 23.3. The largest absolute Gasteiger partial charge is 0.480 e. The van der Waals surface area contributed by atoms with Gasteiger partial charge in [-0.2, -0.15) is 0 Å². The van der Waals surface area contributed by atoms with E-state index in [4.69, 9.17) is 18.9 Å². The molecule has 1 aromatic rings. The topological polar surface area (TPSA) is 176 Å². The molecule has 1 aliphatic rings. The third-order valence-electron chi connectivity index (χ3n) is 3.88. The lowest BCUT2D eigenvalue weighted by Gasteiger charge is -2.22. The Bertz CT molecular complexity index is 880. The van der Waals surface area contributed by atoms with Crippen LogP contribution in [0.4, 0.5) is 15.3 Å². The highest BCUT2D eigenvalue weighted by Crippen LogP contribution is 2.40. The first-order valence-corrected chi connectivity index (χ1v) is 9.12. The maximum Gasteiger partial charge on any atom is 0.408 e. The highest BCUT2D eigenvalue weighted by molar-refractivity contribution is 5.81. The summed E-state index contributed by atoms with van der Waals surface area (Å²) in [6, 6.07) is 1.01. The number of carboxylic acid groups (broad SMARTS) is 1. The molecule has 1 aliphatic heterocycles. The number of hydrogen-bond donors (Lipinski definition) is 3. The van der Waals surface area contributed by atoms with Crippen molar-refractivity contribution in [1.82, 2.24) is 10.6 Å². The first-order valence-electron chi connectivity index (χ1n) is 9.12. The Morgan fingerprint density at radius 1 is 1.23 bits per heavy atom. The van der Waals surface area contributed by atoms with Gasteiger partial charge in [0, 0.05) is 0 Å². The number of nitrogens with one attached hydrogen (secondary N) is 2. The molecule has 13 nitrogen and oxygen atoms in total. The van der Waals surface area contributed by atoms with E-state index in [0.717, 1.165) is 0 Å². The van der Waals surface area contributed by atoms with Crippen molar-refractivity contribution in [2.45, 2.75) is 45.4 Å². The normalized spacial score (nSPS) is 14.2. The fourth-order valence-corrected chi connectivity index (χ4v) is 2.53. The second-order valence-electron chi connectivity index (χ2n) is 7.49. The quantitative estimate of drug-likeness (QED) is 0.419. The second kappa shape index (κ2) is 9.36. The van der Waals surface area contributed by atoms with Crippen LogP contribution in [0.25, 0.3) is 0 Å². The van der Waals surface area contributed by atoms with E-state index >= 15 is 0 Å². The maximum atomic E-state index is 12.1. The number of nitro groups is 1. The molecule has 0 aliphatic carbocycles. The first-order chi connectivity index (χ1) is 14.4. The fraction of sp³-hybridized carbons (Fsp3) is 0.500. The Balaban J connectivity index is 1.99. The number of ether oxygens (including phenoxy) is 4. The highest BCUT2D eigenvalue weighted by atomic mass is 16.7. The van der Waals surface area contributed by atoms with Crippen molar-refractivity contribution in [2.75, 3.05) is 13.3 Å². The molecule has 1 aromatic carbocycles. The minimum atomic E-state index is -1.49. The van der Waals surface area contributed by atoms with Gasteiger partial charge < -0.3 is 34.7 Å². The smallest absolute Gasteiger partial charge is 0.408 e. The molecule has 1 unspecified atom stereocenters. The van der Waals surface area contributed by atoms with Crippen LogP contribution in [0.1, 0.15) is 39.4 Å². The van der Waals surface area contributed by atoms with E-state index in [1.165, 1.54) is 19.1 Å². The summed E-state index contributed by atoms with van der Waals surface area (Å²) in [7, 11) is 0. The minimum Gasteiger partial charge on any atom is -0.480 e. The van der Waals surface area contributed by atoms with Gasteiger partial charge in [0.25, 0.3) is 5.69 Å². The van der Waals surface area contributed by atoms with Crippen molar-refractivity contribution < 1.29 is 43.4 Å². The van der Waals surface area contributed by atoms with Gasteiger partial charge in [-0.15, -0.1) is 0 Å². The molecule has 2 amide bonds. The number of alkyl carbamates (subject to hydrolysis) is 2. The lowest BCUT2D eigenvalue weighted by molar-refractivity contribution is -0.386. The predicted molar refractivity (Wildman–Crippen MR) is 103 cm³/mol. The van der Waals surface area contributed by atoms with Crippen LogP contribution in [0.2, 0.25) is 0 Å². The minimum absolute atomic E-state index is 0.0612. The van der Waals surface area contributed by atoms with Gasteiger partial charge in [-0.25, -0.2) is 14.4 Å². The van der Waals surface area contributed by atoms with E-state index in [0.29, 0.717) is 0 Å². The number of benzene rings is 1. The third-order valence-corrected chi connectivity index (χ3v) is 3.88. The van der Waals surface area contributed by atoms with Crippen molar-refractivity contribution in [3.8, 4) is 11.5 Å². The van der Waals surface area contributed by atoms with Gasteiger partial charge in [0.2, 0.25) is 6.79 Å². The Morgan fingerprint density at radius 2 is 1.84 bits per heavy atom. The molecule has 2 atom stereocenters. The van der Waals surface area contributed by atoms with Crippen LogP contribution in [-0.4, -0.2) is 53.2 Å². The number of aliphatic carboxylic acids is 1. The summed E-state index contributed by atoms with van der Waals surface area (Å²) < 4.78 is 20.4. The van der Waals surface area contributed by atoms with Crippen LogP contribution in [-0.2, 0) is 14.3 Å². The van der Waals surface area contributed by atoms with Crippen molar-refractivity contribution in [3.05, 3.63) is 27.8 Å². The molecule has 0 fully saturated rings. The predicted octanol–water partition coefficient (Wildman–Crippen LogP) is 2.09. The summed E-state index contributed by atoms with van der Waals surface area (Å²) in [5.74, 6) is -0.945. The van der Waals surface area contributed by atoms with Crippen LogP contribution in [0, 0.1) is 10.1 Å². The summed E-state index contributed by atoms with van der Waals surface area (Å²) in [4.78, 5) is 45.8. The van der Waals surface area contributed by atoms with E-state index < -0.39 is 47.4 Å². The average molecular weight is 441 g/mol. The third kappa shape index (κ3) is 6.62. The summed E-state index contributed by atoms with van der Waals surface area (Å²) in [5.41, 5.74) is -1.11. The summed E-state index contributed by atoms with van der Waals surface area (Å²) in [5, 5.41) is 24.9. The molecule has 0 saturated heterocycles. The number of amides is 2. The Morgan fingerprint density at radius 3 is 2.39 bits per heavy atom. The van der Waals surface area contributed by atoms with E-state index in [2.05, 4.69) is 10.6 Å². The zero-order valence-electron chi connectivity index (χ0n) is 17.3. The molecule has 2 rings (SSSR count). The molecule has 0 saturated carbocycles. The summed E-state index contributed by atoms with van der Waals surface area (Å²) in [6.07, 6.45) is -3.09. The van der Waals surface area contributed by atoms with Gasteiger partial charge in [-0.1, -0.05) is 0 Å². The molecule has 31 heavy (non-hydrogen) atoms. The van der Waals surface area contributed by atoms with Crippen LogP contribution < -0.4 is 20.1 Å². The molecular formula is C18H23N3O10. The number of rotatable bonds is 7. The fourth-order valence-electron chi connectivity index (χ4n) is 2.53. The standard InChI is InChI=1S/C18H23N3O10/c1-9(10-5-13-14(29-8-28-13)6-12(10)21(26)27)30-16(24)19-7-11(15(22)23)20-17(25)31-18(2,3)4/h5-6,9,11H,7-8H2,1-4H3,(H,19,24)(H,20,25)(H,22,23)/t9?,11-/m0/s1. The lowest BCUT2D eigenvalue weighted by atomic mass is 10.1. The molecule has 13 heteroatoms. The molecule has 3 N–H and O–H groups in total. The van der Waals surface area contributed by atoms with E-state index in [9.17, 15) is 29.6 Å². The van der Waals surface area contributed by atoms with Gasteiger partial charge in [-0.3, -0.25) is 10.1 Å². The van der Waals surface area contributed by atoms with E-state index in [1.807, 2.05) is 0 Å². The van der Waals surface area contributed by atoms with Crippen LogP contribution in [0.5, 0.6) is 11.5 Å². The van der Waals surface area contributed by atoms with E-state index in [-0.39, 0.29) is 29.5 Å². The van der Waals surface area contributed by atoms with Crippen LogP contribution in [0.15, 0.2) is 12.1 Å². The van der Waals surface area contributed by atoms with Crippen LogP contribution >= 0.6 is 0 Å². The first kappa shape index (κ1) is 23.5. The Labute approximate surface area is 176 Å². The Kier molecular flexibility index (Phi) is 7.10. The molecule has 170 valence electrons. The summed E-state index contributed by atoms with van der Waals surface area (Å²) >= 11 is 0. The van der Waals surface area contributed by atoms with Crippen molar-refractivity contribution >= 4 is 23.8 Å². The van der Waals surface area contributed by atoms with Crippen molar-refractivity contribution in [3.63, 3.8) is 0 Å². The molecule has 0 radical (unpaired) electrons. The number of carbonyl (C=O) groups is 3. The molecule has 0 bridgehead atoms. The molecular weight excluding hydrogens is 418 g/mol. The molecule has 0 aromatic heterocycles. The second-order valence-corrected chi connectivity index (χ2v) is 7.49. The number of fused-ring (bicyclic) bond motifs is 1. The van der Waals surface area contributed by atoms with Crippen molar-refractivity contribution in [1.29, 1.82) is 0 Å². The maximum absolute atomic E-state index is 12.1. The molecule has 1 heterocycles. The number of hydrogen-bond acceptors (Lipinski definition) is 9. The van der Waals surface area contributed by atoms with Gasteiger partial charge in [0.05, 0.1) is 23.1 Å². The monoisotopic (exact) mass is 441 g/mol. The number of carboxylic acids is 1. The van der Waals surface area contributed by atoms with Gasteiger partial charge in [-0.05, 0) is 33.8 Å². The number of nitrogens with zero attached hydrogens (tertiary/aromatic N) is 1. The van der Waals surface area contributed by atoms with Gasteiger partial charge in [0.15, 0.2) is 11.5 Å². The Hall–Kier alpha value is -3.77. The SMILES string of the molecule is CC(OC(=O)NC[C@H](NC(=O)OC(C)(C)C)C(=O)O)c1cc2c(cc1[N+](=O)[O-])OCO2.